The van der Waals surface area contributed by atoms with E-state index in [0.29, 0.717) is 52.2 Å². The first-order valence-corrected chi connectivity index (χ1v) is 11.2. The normalized spacial score (nSPS) is 10.7. The Kier molecular flexibility index (Phi) is 8.31. The van der Waals surface area contributed by atoms with Gasteiger partial charge in [-0.05, 0) is 61.7 Å². The van der Waals surface area contributed by atoms with Crippen molar-refractivity contribution in [3.63, 3.8) is 0 Å². The summed E-state index contributed by atoms with van der Waals surface area (Å²) in [6.45, 7) is 2.27. The highest BCUT2D eigenvalue weighted by Crippen LogP contribution is 2.33. The quantitative estimate of drug-likeness (QED) is 0.284. The number of halogens is 2. The third-order valence-electron chi connectivity index (χ3n) is 5.15. The number of unbranched alkanes of at least 4 members (excludes halogenated alkanes) is 1. The summed E-state index contributed by atoms with van der Waals surface area (Å²) in [5, 5.41) is 9.64. The van der Waals surface area contributed by atoms with E-state index in [0.717, 1.165) is 11.1 Å². The fourth-order valence-corrected chi connectivity index (χ4v) is 3.82. The summed E-state index contributed by atoms with van der Waals surface area (Å²) in [6.07, 6.45) is 2.88. The van der Waals surface area contributed by atoms with E-state index in [4.69, 9.17) is 33.0 Å². The number of nitrogens with zero attached hydrogens (tertiary/aromatic N) is 2. The van der Waals surface area contributed by atoms with Crippen LogP contribution in [0.4, 0.5) is 5.69 Å². The Balaban J connectivity index is 1.81. The van der Waals surface area contributed by atoms with Crippen molar-refractivity contribution in [2.75, 3.05) is 18.6 Å². The molecular formula is C25H24Cl2N2O4. The lowest BCUT2D eigenvalue weighted by Gasteiger charge is -2.21. The molecule has 0 radical (unpaired) electrons. The number of pyridine rings is 1. The zero-order chi connectivity index (χ0) is 24.0. The molecule has 0 aliphatic carbocycles. The summed E-state index contributed by atoms with van der Waals surface area (Å²) in [4.78, 5) is 29.6. The summed E-state index contributed by atoms with van der Waals surface area (Å²) >= 11 is 12.4. The Hall–Kier alpha value is -3.09. The van der Waals surface area contributed by atoms with Crippen LogP contribution >= 0.6 is 23.2 Å². The third-order valence-corrected chi connectivity index (χ3v) is 5.69. The second-order valence-electron chi connectivity index (χ2n) is 7.55. The van der Waals surface area contributed by atoms with Gasteiger partial charge in [-0.25, -0.2) is 4.98 Å². The van der Waals surface area contributed by atoms with Crippen LogP contribution in [0.2, 0.25) is 10.2 Å². The fraction of sp³-hybridized carbons (Fsp3) is 0.240. The molecule has 1 amide bonds. The highest BCUT2D eigenvalue weighted by Gasteiger charge is 2.19. The molecule has 0 unspecified atom stereocenters. The molecule has 0 aliphatic rings. The molecule has 6 nitrogen and oxygen atoms in total. The van der Waals surface area contributed by atoms with Crippen molar-refractivity contribution in [1.29, 1.82) is 0 Å². The van der Waals surface area contributed by atoms with E-state index in [2.05, 4.69) is 4.98 Å². The van der Waals surface area contributed by atoms with Crippen molar-refractivity contribution < 1.29 is 19.4 Å². The van der Waals surface area contributed by atoms with Crippen LogP contribution in [0.25, 0.3) is 11.1 Å². The van der Waals surface area contributed by atoms with E-state index in [1.807, 2.05) is 19.1 Å². The number of hydrogen-bond donors (Lipinski definition) is 1. The minimum absolute atomic E-state index is 0.102. The van der Waals surface area contributed by atoms with Crippen LogP contribution in [-0.2, 0) is 4.79 Å². The molecule has 0 saturated carbocycles. The van der Waals surface area contributed by atoms with E-state index in [-0.39, 0.29) is 12.3 Å². The van der Waals surface area contributed by atoms with Gasteiger partial charge in [0.05, 0.1) is 12.3 Å². The summed E-state index contributed by atoms with van der Waals surface area (Å²) in [5.74, 6) is -0.502. The number of carboxylic acids is 1. The molecule has 1 aromatic heterocycles. The number of carbonyl (C=O) groups excluding carboxylic acids is 1. The van der Waals surface area contributed by atoms with Crippen molar-refractivity contribution in [2.24, 2.45) is 0 Å². The van der Waals surface area contributed by atoms with Crippen LogP contribution in [0.3, 0.4) is 0 Å². The Morgan fingerprint density at radius 1 is 1.06 bits per heavy atom. The molecule has 33 heavy (non-hydrogen) atoms. The molecule has 0 fully saturated rings. The molecule has 172 valence electrons. The Labute approximate surface area is 202 Å². The molecular weight excluding hydrogens is 463 g/mol. The average molecular weight is 487 g/mol. The lowest BCUT2D eigenvalue weighted by atomic mass is 10.0. The van der Waals surface area contributed by atoms with E-state index >= 15 is 0 Å². The fourth-order valence-electron chi connectivity index (χ4n) is 3.39. The molecule has 8 heteroatoms. The van der Waals surface area contributed by atoms with Crippen LogP contribution in [0.1, 0.15) is 35.2 Å². The van der Waals surface area contributed by atoms with E-state index in [1.165, 1.54) is 4.90 Å². The van der Waals surface area contributed by atoms with Crippen molar-refractivity contribution >= 4 is 40.8 Å². The summed E-state index contributed by atoms with van der Waals surface area (Å²) < 4.78 is 5.84. The van der Waals surface area contributed by atoms with Gasteiger partial charge in [-0.1, -0.05) is 35.3 Å². The number of benzene rings is 2. The molecule has 0 atom stereocenters. The van der Waals surface area contributed by atoms with Crippen LogP contribution in [0.5, 0.6) is 5.75 Å². The van der Waals surface area contributed by atoms with E-state index < -0.39 is 5.97 Å². The van der Waals surface area contributed by atoms with Gasteiger partial charge in [0.1, 0.15) is 10.9 Å². The predicted octanol–water partition coefficient (Wildman–Crippen LogP) is 6.27. The van der Waals surface area contributed by atoms with Gasteiger partial charge in [0, 0.05) is 41.4 Å². The summed E-state index contributed by atoms with van der Waals surface area (Å²) in [6, 6.07) is 14.1. The van der Waals surface area contributed by atoms with E-state index in [9.17, 15) is 9.59 Å². The Morgan fingerprint density at radius 2 is 1.82 bits per heavy atom. The minimum atomic E-state index is -0.826. The molecule has 3 rings (SSSR count). The minimum Gasteiger partial charge on any atom is -0.491 e. The number of anilines is 1. The lowest BCUT2D eigenvalue weighted by Crippen LogP contribution is -2.26. The molecule has 0 saturated heterocycles. The van der Waals surface area contributed by atoms with Gasteiger partial charge in [0.25, 0.3) is 5.91 Å². The van der Waals surface area contributed by atoms with Crippen molar-refractivity contribution in [2.45, 2.75) is 26.2 Å². The van der Waals surface area contributed by atoms with Crippen molar-refractivity contribution in [3.8, 4) is 16.9 Å². The monoisotopic (exact) mass is 486 g/mol. The number of para-hydroxylation sites is 2. The zero-order valence-corrected chi connectivity index (χ0v) is 19.9. The average Bonchev–Trinajstić information content (AvgIpc) is 2.79. The molecule has 2 aromatic carbocycles. The highest BCUT2D eigenvalue weighted by molar-refractivity contribution is 6.33. The summed E-state index contributed by atoms with van der Waals surface area (Å²) in [7, 11) is 1.68. The number of ether oxygens (including phenoxy) is 1. The molecule has 0 aliphatic heterocycles. The van der Waals surface area contributed by atoms with Gasteiger partial charge >= 0.3 is 5.97 Å². The number of aryl methyl sites for hydroxylation is 1. The predicted molar refractivity (Wildman–Crippen MR) is 131 cm³/mol. The first-order chi connectivity index (χ1) is 15.8. The van der Waals surface area contributed by atoms with Crippen LogP contribution in [0, 0.1) is 6.92 Å². The number of aliphatic carboxylic acids is 1. The molecule has 1 heterocycles. The van der Waals surface area contributed by atoms with Crippen LogP contribution in [-0.4, -0.2) is 35.6 Å². The second kappa shape index (κ2) is 11.2. The first-order valence-electron chi connectivity index (χ1n) is 10.4. The number of carbonyl (C=O) groups is 2. The molecule has 0 bridgehead atoms. The maximum atomic E-state index is 13.3. The lowest BCUT2D eigenvalue weighted by molar-refractivity contribution is -0.137. The van der Waals surface area contributed by atoms with Gasteiger partial charge in [-0.3, -0.25) is 9.59 Å². The van der Waals surface area contributed by atoms with Gasteiger partial charge in [-0.15, -0.1) is 0 Å². The van der Waals surface area contributed by atoms with Gasteiger partial charge in [0.15, 0.2) is 0 Å². The second-order valence-corrected chi connectivity index (χ2v) is 8.34. The maximum absolute atomic E-state index is 13.3. The number of amides is 1. The first kappa shape index (κ1) is 24.6. The largest absolute Gasteiger partial charge is 0.491 e. The topological polar surface area (TPSA) is 79.7 Å². The van der Waals surface area contributed by atoms with Crippen molar-refractivity contribution in [3.05, 3.63) is 76.0 Å². The van der Waals surface area contributed by atoms with Gasteiger partial charge in [0.2, 0.25) is 0 Å². The Morgan fingerprint density at radius 3 is 2.55 bits per heavy atom. The molecule has 3 aromatic rings. The van der Waals surface area contributed by atoms with Crippen LogP contribution < -0.4 is 9.64 Å². The highest BCUT2D eigenvalue weighted by atomic mass is 35.5. The maximum Gasteiger partial charge on any atom is 0.303 e. The number of aromatic nitrogens is 1. The smallest absolute Gasteiger partial charge is 0.303 e. The number of hydrogen-bond acceptors (Lipinski definition) is 4. The summed E-state index contributed by atoms with van der Waals surface area (Å²) in [5.41, 5.74) is 3.47. The standard InChI is InChI=1S/C25H24Cl2N2O4/c1-16-13-23(27)28-15-19(16)18-14-17(10-11-20(18)26)25(32)29(2)21-7-3-4-8-22(21)33-12-6-5-9-24(30)31/h3-4,7-8,10-11,13-15H,5-6,9,12H2,1-2H3,(H,30,31). The zero-order valence-electron chi connectivity index (χ0n) is 18.3. The van der Waals surface area contributed by atoms with Gasteiger partial charge < -0.3 is 14.7 Å². The number of carboxylic acid groups (broad SMARTS) is 1. The van der Waals surface area contributed by atoms with Crippen molar-refractivity contribution in [1.82, 2.24) is 4.98 Å². The van der Waals surface area contributed by atoms with Crippen LogP contribution in [0.15, 0.2) is 54.7 Å². The third kappa shape index (κ3) is 6.24. The number of rotatable bonds is 9. The molecule has 0 spiro atoms. The van der Waals surface area contributed by atoms with Gasteiger partial charge in [-0.2, -0.15) is 0 Å². The van der Waals surface area contributed by atoms with E-state index in [1.54, 1.807) is 49.6 Å². The SMILES string of the molecule is Cc1cc(Cl)ncc1-c1cc(C(=O)N(C)c2ccccc2OCCCCC(=O)O)ccc1Cl. The molecule has 1 N–H and O–H groups in total. The Bertz CT molecular complexity index is 1170.